The van der Waals surface area contributed by atoms with Crippen LogP contribution in [0.2, 0.25) is 0 Å². The fourth-order valence-electron chi connectivity index (χ4n) is 4.59. The molecule has 0 radical (unpaired) electrons. The fraction of sp³-hybridized carbons (Fsp3) is 0.391. The normalized spacial score (nSPS) is 23.6. The average molecular weight is 490 g/mol. The molecule has 2 unspecified atom stereocenters. The number of anilines is 1. The lowest BCUT2D eigenvalue weighted by atomic mass is 9.84. The van der Waals surface area contributed by atoms with Gasteiger partial charge < -0.3 is 19.7 Å². The van der Waals surface area contributed by atoms with Crippen molar-refractivity contribution in [3.05, 3.63) is 47.6 Å². The van der Waals surface area contributed by atoms with Crippen LogP contribution in [0, 0.1) is 11.8 Å². The maximum atomic E-state index is 13.1. The zero-order chi connectivity index (χ0) is 23.9. The number of aliphatic hydroxyl groups excluding tert-OH is 1. The minimum Gasteiger partial charge on any atom is -0.420 e. The maximum Gasteiger partial charge on any atom is 0.487 e. The maximum absolute atomic E-state index is 13.1. The Labute approximate surface area is 199 Å². The molecule has 1 amide bonds. The van der Waals surface area contributed by atoms with E-state index in [1.807, 2.05) is 12.3 Å². The standard InChI is InChI=1S/C23H22ClF2N5O3/c24-23(25,26)34-17-4-1-15(2-5-17)29-22(33)13-7-18(14-9-27-12-28-10-14)21-19(8-13)30-20-6-3-16(32)11-31(20)21/h1-2,4-5,7,9,12-14,16,32H,3,6,8,10-11H2,(H,29,33)/t13?,14?,16-/m0/s1. The van der Waals surface area contributed by atoms with Crippen molar-refractivity contribution in [2.75, 3.05) is 11.9 Å². The molecule has 1 aromatic carbocycles. The summed E-state index contributed by atoms with van der Waals surface area (Å²) in [6.07, 6.45) is 6.55. The van der Waals surface area contributed by atoms with Crippen LogP contribution >= 0.6 is 11.6 Å². The number of aliphatic hydroxyl groups is 1. The van der Waals surface area contributed by atoms with Crippen LogP contribution in [0.25, 0.3) is 5.57 Å². The van der Waals surface area contributed by atoms with E-state index in [1.165, 1.54) is 30.6 Å². The van der Waals surface area contributed by atoms with Crippen LogP contribution in [0.4, 0.5) is 14.5 Å². The number of carbonyl (C=O) groups excluding carboxylic acids is 1. The van der Waals surface area contributed by atoms with Gasteiger partial charge in [0, 0.05) is 42.3 Å². The summed E-state index contributed by atoms with van der Waals surface area (Å²) < 4.78 is 32.0. The molecule has 0 spiro atoms. The number of carbonyl (C=O) groups is 1. The van der Waals surface area contributed by atoms with Crippen molar-refractivity contribution in [3.63, 3.8) is 0 Å². The Morgan fingerprint density at radius 2 is 2.09 bits per heavy atom. The number of fused-ring (bicyclic) bond motifs is 3. The van der Waals surface area contributed by atoms with Gasteiger partial charge in [0.2, 0.25) is 5.91 Å². The van der Waals surface area contributed by atoms with E-state index < -0.39 is 17.6 Å². The van der Waals surface area contributed by atoms with E-state index >= 15 is 0 Å². The number of aromatic nitrogens is 2. The summed E-state index contributed by atoms with van der Waals surface area (Å²) in [5, 5.41) is 13.0. The van der Waals surface area contributed by atoms with Gasteiger partial charge in [-0.1, -0.05) is 6.08 Å². The number of aryl methyl sites for hydroxylation is 1. The molecule has 3 atom stereocenters. The quantitative estimate of drug-likeness (QED) is 0.629. The van der Waals surface area contributed by atoms with E-state index in [-0.39, 0.29) is 17.6 Å². The van der Waals surface area contributed by atoms with Crippen molar-refractivity contribution in [3.8, 4) is 5.75 Å². The molecule has 0 fully saturated rings. The van der Waals surface area contributed by atoms with Gasteiger partial charge in [-0.15, -0.1) is 8.78 Å². The van der Waals surface area contributed by atoms with Gasteiger partial charge in [0.25, 0.3) is 0 Å². The summed E-state index contributed by atoms with van der Waals surface area (Å²) in [4.78, 5) is 26.4. The largest absolute Gasteiger partial charge is 0.487 e. The van der Waals surface area contributed by atoms with Gasteiger partial charge >= 0.3 is 5.57 Å². The minimum atomic E-state index is -3.81. The Kier molecular flexibility index (Phi) is 5.95. The molecule has 11 heteroatoms. The van der Waals surface area contributed by atoms with E-state index in [0.717, 1.165) is 22.8 Å². The molecule has 0 bridgehead atoms. The zero-order valence-electron chi connectivity index (χ0n) is 18.0. The van der Waals surface area contributed by atoms with Crippen molar-refractivity contribution < 1.29 is 23.4 Å². The van der Waals surface area contributed by atoms with E-state index in [2.05, 4.69) is 24.6 Å². The number of hydrogen-bond donors (Lipinski definition) is 2. The number of halogens is 3. The summed E-state index contributed by atoms with van der Waals surface area (Å²) in [7, 11) is 0. The molecule has 1 aromatic heterocycles. The molecule has 0 saturated heterocycles. The average Bonchev–Trinajstić information content (AvgIpc) is 3.17. The summed E-state index contributed by atoms with van der Waals surface area (Å²) in [5.41, 5.74) is -0.694. The molecule has 8 nitrogen and oxygen atoms in total. The highest BCUT2D eigenvalue weighted by Crippen LogP contribution is 2.37. The predicted molar refractivity (Wildman–Crippen MR) is 124 cm³/mol. The van der Waals surface area contributed by atoms with Gasteiger partial charge in [0.15, 0.2) is 0 Å². The summed E-state index contributed by atoms with van der Waals surface area (Å²) in [5.74, 6) is -0.0583. The minimum absolute atomic E-state index is 0.104. The second-order valence-electron chi connectivity index (χ2n) is 8.51. The second kappa shape index (κ2) is 8.92. The second-order valence-corrected chi connectivity index (χ2v) is 8.95. The van der Waals surface area contributed by atoms with Crippen LogP contribution in [-0.4, -0.2) is 51.3 Å². The number of hydrogen-bond acceptors (Lipinski definition) is 6. The van der Waals surface area contributed by atoms with E-state index in [4.69, 9.17) is 16.6 Å². The number of benzene rings is 1. The lowest BCUT2D eigenvalue weighted by molar-refractivity contribution is -0.118. The predicted octanol–water partition coefficient (Wildman–Crippen LogP) is 3.28. The third kappa shape index (κ3) is 4.74. The number of alkyl halides is 3. The van der Waals surface area contributed by atoms with Gasteiger partial charge in [-0.05, 0) is 36.3 Å². The molecule has 0 saturated carbocycles. The molecule has 2 aliphatic heterocycles. The van der Waals surface area contributed by atoms with E-state index in [1.54, 1.807) is 0 Å². The first kappa shape index (κ1) is 22.7. The number of rotatable bonds is 5. The SMILES string of the molecule is O=C(Nc1ccc(OC(F)(F)Cl)cc1)C1C=C(C2C=NC=NC2)c2c(nc3n2C[C@@H](O)CC3)C1. The topological polar surface area (TPSA) is 101 Å². The Morgan fingerprint density at radius 1 is 1.29 bits per heavy atom. The fourth-order valence-corrected chi connectivity index (χ4v) is 4.67. The lowest BCUT2D eigenvalue weighted by Gasteiger charge is -2.28. The number of ether oxygens (including phenoxy) is 1. The Bertz CT molecular complexity index is 1190. The van der Waals surface area contributed by atoms with Crippen molar-refractivity contribution in [1.29, 1.82) is 0 Å². The summed E-state index contributed by atoms with van der Waals surface area (Å²) in [6.45, 7) is 0.980. The number of amides is 1. The van der Waals surface area contributed by atoms with Crippen LogP contribution in [0.5, 0.6) is 5.75 Å². The van der Waals surface area contributed by atoms with Crippen molar-refractivity contribution in [2.24, 2.45) is 21.8 Å². The smallest absolute Gasteiger partial charge is 0.420 e. The monoisotopic (exact) mass is 489 g/mol. The van der Waals surface area contributed by atoms with Gasteiger partial charge in [0.05, 0.1) is 36.5 Å². The van der Waals surface area contributed by atoms with E-state index in [9.17, 15) is 18.7 Å². The summed E-state index contributed by atoms with van der Waals surface area (Å²) >= 11 is 4.79. The first-order chi connectivity index (χ1) is 16.3. The van der Waals surface area contributed by atoms with Crippen LogP contribution in [0.3, 0.4) is 0 Å². The first-order valence-corrected chi connectivity index (χ1v) is 11.3. The Hall–Kier alpha value is -3.11. The molecule has 2 aromatic rings. The van der Waals surface area contributed by atoms with Crippen LogP contribution in [-0.2, 0) is 24.2 Å². The van der Waals surface area contributed by atoms with Crippen molar-refractivity contribution in [1.82, 2.24) is 9.55 Å². The number of nitrogens with one attached hydrogen (secondary N) is 1. The molecular formula is C23H22ClF2N5O3. The number of imidazole rings is 1. The van der Waals surface area contributed by atoms with Gasteiger partial charge in [-0.3, -0.25) is 9.79 Å². The van der Waals surface area contributed by atoms with Crippen molar-refractivity contribution >= 4 is 41.3 Å². The molecular weight excluding hydrogens is 468 g/mol. The third-order valence-corrected chi connectivity index (χ3v) is 6.17. The Morgan fingerprint density at radius 3 is 2.79 bits per heavy atom. The van der Waals surface area contributed by atoms with Crippen LogP contribution < -0.4 is 10.1 Å². The summed E-state index contributed by atoms with van der Waals surface area (Å²) in [6, 6.07) is 5.54. The van der Waals surface area contributed by atoms with Crippen LogP contribution in [0.1, 0.15) is 23.6 Å². The molecule has 5 rings (SSSR count). The molecule has 3 heterocycles. The van der Waals surface area contributed by atoms with E-state index in [0.29, 0.717) is 38.0 Å². The van der Waals surface area contributed by atoms with Crippen molar-refractivity contribution in [2.45, 2.75) is 37.5 Å². The molecule has 178 valence electrons. The zero-order valence-corrected chi connectivity index (χ0v) is 18.8. The first-order valence-electron chi connectivity index (χ1n) is 10.9. The highest BCUT2D eigenvalue weighted by molar-refractivity contribution is 6.20. The third-order valence-electron chi connectivity index (χ3n) is 6.09. The highest BCUT2D eigenvalue weighted by atomic mass is 35.5. The number of nitrogens with zero attached hydrogens (tertiary/aromatic N) is 4. The molecule has 2 N–H and O–H groups in total. The highest BCUT2D eigenvalue weighted by Gasteiger charge is 2.35. The molecule has 34 heavy (non-hydrogen) atoms. The lowest BCUT2D eigenvalue weighted by Crippen LogP contribution is -2.30. The van der Waals surface area contributed by atoms with Crippen LogP contribution in [0.15, 0.2) is 40.3 Å². The molecule has 1 aliphatic carbocycles. The number of aliphatic imine (C=N–C) groups is 2. The Balaban J connectivity index is 1.40. The van der Waals surface area contributed by atoms with Gasteiger partial charge in [-0.2, -0.15) is 0 Å². The van der Waals surface area contributed by atoms with Gasteiger partial charge in [0.1, 0.15) is 17.9 Å². The van der Waals surface area contributed by atoms with Gasteiger partial charge in [-0.25, -0.2) is 9.98 Å². The molecule has 3 aliphatic rings.